The smallest absolute Gasteiger partial charge is 0.315 e. The first-order valence-corrected chi connectivity index (χ1v) is 7.67. The van der Waals surface area contributed by atoms with Gasteiger partial charge < -0.3 is 20.5 Å². The summed E-state index contributed by atoms with van der Waals surface area (Å²) >= 11 is 0. The van der Waals surface area contributed by atoms with Crippen LogP contribution in [0.15, 0.2) is 0 Å². The number of carbonyl (C=O) groups is 2. The van der Waals surface area contributed by atoms with Crippen molar-refractivity contribution in [2.24, 2.45) is 5.41 Å². The van der Waals surface area contributed by atoms with E-state index < -0.39 is 11.4 Å². The molecule has 2 amide bonds. The number of carboxylic acids is 1. The van der Waals surface area contributed by atoms with Gasteiger partial charge in [0.2, 0.25) is 0 Å². The average Bonchev–Trinajstić information content (AvgIpc) is 2.70. The summed E-state index contributed by atoms with van der Waals surface area (Å²) in [7, 11) is 0. The third-order valence-electron chi connectivity index (χ3n) is 4.78. The van der Waals surface area contributed by atoms with E-state index in [1.165, 1.54) is 0 Å². The largest absolute Gasteiger partial charge is 0.481 e. The van der Waals surface area contributed by atoms with Crippen LogP contribution in [0.4, 0.5) is 4.79 Å². The van der Waals surface area contributed by atoms with Crippen molar-refractivity contribution in [2.75, 3.05) is 6.61 Å². The number of hydrogen-bond acceptors (Lipinski definition) is 3. The highest BCUT2D eigenvalue weighted by atomic mass is 16.5. The van der Waals surface area contributed by atoms with Crippen molar-refractivity contribution in [2.45, 2.75) is 70.6 Å². The summed E-state index contributed by atoms with van der Waals surface area (Å²) in [5.74, 6) is -0.836. The zero-order valence-corrected chi connectivity index (χ0v) is 13.1. The molecule has 0 radical (unpaired) electrons. The van der Waals surface area contributed by atoms with Crippen LogP contribution in [0, 0.1) is 5.41 Å². The molecule has 6 nitrogen and oxygen atoms in total. The fraction of sp³-hybridized carbons (Fsp3) is 0.867. The first-order valence-electron chi connectivity index (χ1n) is 7.67. The molecule has 2 rings (SSSR count). The Labute approximate surface area is 125 Å². The normalized spacial score (nSPS) is 35.2. The van der Waals surface area contributed by atoms with Gasteiger partial charge in [0.25, 0.3) is 0 Å². The monoisotopic (exact) mass is 298 g/mol. The van der Waals surface area contributed by atoms with Crippen LogP contribution in [0.5, 0.6) is 0 Å². The van der Waals surface area contributed by atoms with E-state index in [0.29, 0.717) is 13.0 Å². The lowest BCUT2D eigenvalue weighted by Gasteiger charge is -2.36. The average molecular weight is 298 g/mol. The molecule has 3 unspecified atom stereocenters. The van der Waals surface area contributed by atoms with Crippen LogP contribution >= 0.6 is 0 Å². The molecule has 1 aliphatic heterocycles. The number of ether oxygens (including phenoxy) is 1. The van der Waals surface area contributed by atoms with Gasteiger partial charge in [0, 0.05) is 18.7 Å². The predicted molar refractivity (Wildman–Crippen MR) is 78.1 cm³/mol. The maximum atomic E-state index is 12.1. The molecule has 1 aliphatic carbocycles. The van der Waals surface area contributed by atoms with Gasteiger partial charge in [-0.15, -0.1) is 0 Å². The molecule has 3 N–H and O–H groups in total. The Morgan fingerprint density at radius 1 is 1.19 bits per heavy atom. The van der Waals surface area contributed by atoms with Crippen LogP contribution in [-0.2, 0) is 9.53 Å². The molecule has 3 atom stereocenters. The lowest BCUT2D eigenvalue weighted by Crippen LogP contribution is -2.54. The number of aliphatic carboxylic acids is 1. The molecule has 0 aromatic heterocycles. The van der Waals surface area contributed by atoms with Gasteiger partial charge in [-0.1, -0.05) is 6.42 Å². The molecule has 1 saturated carbocycles. The van der Waals surface area contributed by atoms with Gasteiger partial charge >= 0.3 is 12.0 Å². The van der Waals surface area contributed by atoms with Crippen LogP contribution in [0.25, 0.3) is 0 Å². The van der Waals surface area contributed by atoms with E-state index in [-0.39, 0.29) is 23.7 Å². The van der Waals surface area contributed by atoms with Gasteiger partial charge in [-0.2, -0.15) is 0 Å². The van der Waals surface area contributed by atoms with Crippen molar-refractivity contribution in [3.63, 3.8) is 0 Å². The number of nitrogens with one attached hydrogen (secondary N) is 2. The maximum Gasteiger partial charge on any atom is 0.315 e. The van der Waals surface area contributed by atoms with Crippen LogP contribution in [-0.4, -0.2) is 41.4 Å². The van der Waals surface area contributed by atoms with Gasteiger partial charge in [-0.05, 0) is 46.5 Å². The molecule has 2 aliphatic rings. The minimum atomic E-state index is -0.855. The fourth-order valence-corrected chi connectivity index (χ4v) is 3.39. The SMILES string of the molecule is CC1(C)CC(NC(=O)NC2CCCC2(C)C(=O)O)CCO1. The second-order valence-corrected chi connectivity index (χ2v) is 7.08. The minimum absolute atomic E-state index is 0.0752. The highest BCUT2D eigenvalue weighted by Crippen LogP contribution is 2.38. The van der Waals surface area contributed by atoms with Crippen LogP contribution < -0.4 is 10.6 Å². The summed E-state index contributed by atoms with van der Waals surface area (Å²) in [6, 6.07) is -0.494. The van der Waals surface area contributed by atoms with Gasteiger partial charge in [-0.3, -0.25) is 4.79 Å². The molecule has 2 fully saturated rings. The highest BCUT2D eigenvalue weighted by Gasteiger charge is 2.46. The van der Waals surface area contributed by atoms with Crippen LogP contribution in [0.1, 0.15) is 52.9 Å². The summed E-state index contributed by atoms with van der Waals surface area (Å²) in [5, 5.41) is 15.2. The number of carboxylic acid groups (broad SMARTS) is 1. The number of amides is 2. The van der Waals surface area contributed by atoms with Crippen molar-refractivity contribution in [1.82, 2.24) is 10.6 Å². The van der Waals surface area contributed by atoms with Crippen LogP contribution in [0.2, 0.25) is 0 Å². The zero-order valence-electron chi connectivity index (χ0n) is 13.1. The molecular formula is C15H26N2O4. The lowest BCUT2D eigenvalue weighted by atomic mass is 9.85. The first-order chi connectivity index (χ1) is 9.73. The zero-order chi connectivity index (χ0) is 15.7. The van der Waals surface area contributed by atoms with E-state index in [9.17, 15) is 14.7 Å². The quantitative estimate of drug-likeness (QED) is 0.742. The fourth-order valence-electron chi connectivity index (χ4n) is 3.39. The molecule has 0 bridgehead atoms. The lowest BCUT2D eigenvalue weighted by molar-refractivity contribution is -0.148. The van der Waals surface area contributed by atoms with E-state index in [0.717, 1.165) is 25.7 Å². The molecule has 1 saturated heterocycles. The Morgan fingerprint density at radius 3 is 2.52 bits per heavy atom. The third kappa shape index (κ3) is 3.67. The number of hydrogen-bond donors (Lipinski definition) is 3. The minimum Gasteiger partial charge on any atom is -0.481 e. The van der Waals surface area contributed by atoms with Crippen molar-refractivity contribution in [3.8, 4) is 0 Å². The molecule has 21 heavy (non-hydrogen) atoms. The summed E-state index contributed by atoms with van der Waals surface area (Å²) in [4.78, 5) is 23.5. The van der Waals surface area contributed by atoms with Crippen molar-refractivity contribution in [1.29, 1.82) is 0 Å². The van der Waals surface area contributed by atoms with E-state index in [1.807, 2.05) is 13.8 Å². The van der Waals surface area contributed by atoms with Gasteiger partial charge in [0.1, 0.15) is 0 Å². The Bertz CT molecular complexity index is 424. The standard InChI is InChI=1S/C15H26N2O4/c1-14(2)9-10(6-8-21-14)16-13(20)17-11-5-4-7-15(11,3)12(18)19/h10-11H,4-9H2,1-3H3,(H,18,19)(H2,16,17,20). The summed E-state index contributed by atoms with van der Waals surface area (Å²) in [6.07, 6.45) is 3.71. The molecule has 0 aromatic rings. The summed E-state index contributed by atoms with van der Waals surface area (Å²) in [5.41, 5.74) is -1.08. The van der Waals surface area contributed by atoms with Gasteiger partial charge in [-0.25, -0.2) is 4.79 Å². The van der Waals surface area contributed by atoms with E-state index in [4.69, 9.17) is 4.74 Å². The van der Waals surface area contributed by atoms with E-state index >= 15 is 0 Å². The van der Waals surface area contributed by atoms with E-state index in [1.54, 1.807) is 6.92 Å². The number of carbonyl (C=O) groups excluding carboxylic acids is 1. The second-order valence-electron chi connectivity index (χ2n) is 7.08. The Kier molecular flexibility index (Phi) is 4.46. The van der Waals surface area contributed by atoms with Crippen molar-refractivity contribution >= 4 is 12.0 Å². The summed E-state index contributed by atoms with van der Waals surface area (Å²) in [6.45, 7) is 6.37. The predicted octanol–water partition coefficient (Wildman–Crippen LogP) is 1.89. The first kappa shape index (κ1) is 16.1. The van der Waals surface area contributed by atoms with Crippen molar-refractivity contribution < 1.29 is 19.4 Å². The Balaban J connectivity index is 1.88. The maximum absolute atomic E-state index is 12.1. The molecule has 0 aromatic carbocycles. The van der Waals surface area contributed by atoms with Crippen LogP contribution in [0.3, 0.4) is 0 Å². The Morgan fingerprint density at radius 2 is 1.90 bits per heavy atom. The van der Waals surface area contributed by atoms with Crippen molar-refractivity contribution in [3.05, 3.63) is 0 Å². The van der Waals surface area contributed by atoms with Gasteiger partial charge in [0.05, 0.1) is 11.0 Å². The van der Waals surface area contributed by atoms with Gasteiger partial charge in [0.15, 0.2) is 0 Å². The third-order valence-corrected chi connectivity index (χ3v) is 4.78. The number of rotatable bonds is 3. The molecule has 120 valence electrons. The number of urea groups is 1. The Hall–Kier alpha value is -1.30. The highest BCUT2D eigenvalue weighted by molar-refractivity contribution is 5.79. The summed E-state index contributed by atoms with van der Waals surface area (Å²) < 4.78 is 5.63. The second kappa shape index (κ2) is 5.83. The molecule has 1 heterocycles. The molecule has 0 spiro atoms. The molecule has 6 heteroatoms. The topological polar surface area (TPSA) is 87.7 Å². The van der Waals surface area contributed by atoms with E-state index in [2.05, 4.69) is 10.6 Å². The molecular weight excluding hydrogens is 272 g/mol.